The van der Waals surface area contributed by atoms with Crippen LogP contribution >= 0.6 is 11.6 Å². The lowest BCUT2D eigenvalue weighted by molar-refractivity contribution is -0.130. The molecule has 1 aromatic rings. The second-order valence-corrected chi connectivity index (χ2v) is 6.40. The molecule has 2 aliphatic heterocycles. The standard InChI is InChI=1S/C17H23ClN2O3/c18-14-5-3-13(4-6-14)15(20-7-10-22-11-8-20)12-19-17(21)16-2-1-9-23-16/h3-6,15-16H,1-2,7-12H2,(H,19,21). The molecule has 1 amide bonds. The van der Waals surface area contributed by atoms with Crippen LogP contribution in [-0.4, -0.2) is 56.4 Å². The first kappa shape index (κ1) is 16.7. The Morgan fingerprint density at radius 3 is 2.65 bits per heavy atom. The Morgan fingerprint density at radius 2 is 2.00 bits per heavy atom. The Hall–Kier alpha value is -1.14. The van der Waals surface area contributed by atoms with Crippen LogP contribution < -0.4 is 5.32 Å². The lowest BCUT2D eigenvalue weighted by atomic mass is 10.0. The van der Waals surface area contributed by atoms with Gasteiger partial charge >= 0.3 is 0 Å². The first-order valence-corrected chi connectivity index (χ1v) is 8.58. The summed E-state index contributed by atoms with van der Waals surface area (Å²) in [6.07, 6.45) is 1.49. The van der Waals surface area contributed by atoms with E-state index in [1.165, 1.54) is 0 Å². The highest BCUT2D eigenvalue weighted by molar-refractivity contribution is 6.30. The van der Waals surface area contributed by atoms with Gasteiger partial charge in [0.05, 0.1) is 19.3 Å². The van der Waals surface area contributed by atoms with Gasteiger partial charge in [0.15, 0.2) is 0 Å². The predicted octanol–water partition coefficient (Wildman–Crippen LogP) is 2.01. The van der Waals surface area contributed by atoms with Crippen molar-refractivity contribution in [2.24, 2.45) is 0 Å². The van der Waals surface area contributed by atoms with Crippen LogP contribution in [0.5, 0.6) is 0 Å². The predicted molar refractivity (Wildman–Crippen MR) is 88.6 cm³/mol. The van der Waals surface area contributed by atoms with E-state index in [1.54, 1.807) is 0 Å². The van der Waals surface area contributed by atoms with Crippen molar-refractivity contribution in [1.82, 2.24) is 10.2 Å². The van der Waals surface area contributed by atoms with Crippen molar-refractivity contribution in [3.63, 3.8) is 0 Å². The van der Waals surface area contributed by atoms with Crippen LogP contribution in [0.15, 0.2) is 24.3 Å². The van der Waals surface area contributed by atoms with E-state index in [4.69, 9.17) is 21.1 Å². The first-order valence-electron chi connectivity index (χ1n) is 8.20. The molecule has 23 heavy (non-hydrogen) atoms. The van der Waals surface area contributed by atoms with E-state index in [2.05, 4.69) is 10.2 Å². The lowest BCUT2D eigenvalue weighted by Gasteiger charge is -2.35. The molecule has 1 aromatic carbocycles. The summed E-state index contributed by atoms with van der Waals surface area (Å²) in [6.45, 7) is 4.43. The third-order valence-corrected chi connectivity index (χ3v) is 4.68. The summed E-state index contributed by atoms with van der Waals surface area (Å²) in [6, 6.07) is 7.97. The zero-order valence-electron chi connectivity index (χ0n) is 13.2. The van der Waals surface area contributed by atoms with Gasteiger partial charge in [-0.25, -0.2) is 0 Å². The van der Waals surface area contributed by atoms with E-state index in [1.807, 2.05) is 24.3 Å². The van der Waals surface area contributed by atoms with Crippen LogP contribution in [0.2, 0.25) is 5.02 Å². The van der Waals surface area contributed by atoms with Crippen molar-refractivity contribution in [2.45, 2.75) is 25.0 Å². The Labute approximate surface area is 141 Å². The molecule has 2 unspecified atom stereocenters. The quantitative estimate of drug-likeness (QED) is 0.892. The Bertz CT molecular complexity index is 511. The van der Waals surface area contributed by atoms with Gasteiger partial charge in [0.25, 0.3) is 0 Å². The molecule has 6 heteroatoms. The number of benzene rings is 1. The molecule has 2 aliphatic rings. The number of carbonyl (C=O) groups excluding carboxylic acids is 1. The maximum absolute atomic E-state index is 12.2. The highest BCUT2D eigenvalue weighted by Gasteiger charge is 2.27. The van der Waals surface area contributed by atoms with Crippen LogP contribution in [0.25, 0.3) is 0 Å². The Balaban J connectivity index is 1.66. The fourth-order valence-electron chi connectivity index (χ4n) is 3.13. The molecule has 126 valence electrons. The van der Waals surface area contributed by atoms with Crippen molar-refractivity contribution in [1.29, 1.82) is 0 Å². The van der Waals surface area contributed by atoms with Gasteiger partial charge in [0.1, 0.15) is 6.10 Å². The monoisotopic (exact) mass is 338 g/mol. The van der Waals surface area contributed by atoms with Crippen LogP contribution in [0.3, 0.4) is 0 Å². The molecular weight excluding hydrogens is 316 g/mol. The number of hydrogen-bond donors (Lipinski definition) is 1. The number of hydrogen-bond acceptors (Lipinski definition) is 4. The normalized spacial score (nSPS) is 23.6. The molecule has 0 aliphatic carbocycles. The minimum Gasteiger partial charge on any atom is -0.379 e. The highest BCUT2D eigenvalue weighted by Crippen LogP contribution is 2.23. The zero-order chi connectivity index (χ0) is 16.1. The molecule has 2 atom stereocenters. The smallest absolute Gasteiger partial charge is 0.249 e. The van der Waals surface area contributed by atoms with E-state index >= 15 is 0 Å². The average Bonchev–Trinajstić information content (AvgIpc) is 3.12. The molecule has 2 heterocycles. The fraction of sp³-hybridized carbons (Fsp3) is 0.588. The highest BCUT2D eigenvalue weighted by atomic mass is 35.5. The van der Waals surface area contributed by atoms with E-state index in [-0.39, 0.29) is 18.1 Å². The molecule has 5 nitrogen and oxygen atoms in total. The summed E-state index contributed by atoms with van der Waals surface area (Å²) in [7, 11) is 0. The van der Waals surface area contributed by atoms with Crippen molar-refractivity contribution < 1.29 is 14.3 Å². The maximum Gasteiger partial charge on any atom is 0.249 e. The first-order chi connectivity index (χ1) is 11.2. The van der Waals surface area contributed by atoms with E-state index in [0.717, 1.165) is 49.7 Å². The molecule has 2 fully saturated rings. The third kappa shape index (κ3) is 4.44. The summed E-state index contributed by atoms with van der Waals surface area (Å²) in [5, 5.41) is 3.78. The van der Waals surface area contributed by atoms with Crippen molar-refractivity contribution in [2.75, 3.05) is 39.5 Å². The van der Waals surface area contributed by atoms with Gasteiger partial charge in [0.2, 0.25) is 5.91 Å². The summed E-state index contributed by atoms with van der Waals surface area (Å²) < 4.78 is 10.9. The Morgan fingerprint density at radius 1 is 1.26 bits per heavy atom. The molecular formula is C17H23ClN2O3. The maximum atomic E-state index is 12.2. The van der Waals surface area contributed by atoms with Gasteiger partial charge in [-0.3, -0.25) is 9.69 Å². The fourth-order valence-corrected chi connectivity index (χ4v) is 3.25. The number of morpholine rings is 1. The number of carbonyl (C=O) groups is 1. The van der Waals surface area contributed by atoms with E-state index in [9.17, 15) is 4.79 Å². The minimum atomic E-state index is -0.287. The van der Waals surface area contributed by atoms with Crippen molar-refractivity contribution >= 4 is 17.5 Å². The SMILES string of the molecule is O=C(NCC(c1ccc(Cl)cc1)N1CCOCC1)C1CCCO1. The molecule has 2 saturated heterocycles. The largest absolute Gasteiger partial charge is 0.379 e. The molecule has 1 N–H and O–H groups in total. The molecule has 0 bridgehead atoms. The van der Waals surface area contributed by atoms with E-state index < -0.39 is 0 Å². The molecule has 0 saturated carbocycles. The Kier molecular flexibility index (Phi) is 5.89. The third-order valence-electron chi connectivity index (χ3n) is 4.43. The summed E-state index contributed by atoms with van der Waals surface area (Å²) in [5.74, 6) is -0.00489. The zero-order valence-corrected chi connectivity index (χ0v) is 13.9. The number of rotatable bonds is 5. The number of halogens is 1. The van der Waals surface area contributed by atoms with Gasteiger partial charge in [-0.2, -0.15) is 0 Å². The summed E-state index contributed by atoms with van der Waals surface area (Å²) in [5.41, 5.74) is 1.16. The molecule has 0 spiro atoms. The number of amides is 1. The lowest BCUT2D eigenvalue weighted by Crippen LogP contribution is -2.45. The summed E-state index contributed by atoms with van der Waals surface area (Å²) >= 11 is 6.00. The van der Waals surface area contributed by atoms with Gasteiger partial charge in [-0.15, -0.1) is 0 Å². The van der Waals surface area contributed by atoms with Crippen LogP contribution in [-0.2, 0) is 14.3 Å². The van der Waals surface area contributed by atoms with Crippen LogP contribution in [0.1, 0.15) is 24.4 Å². The molecule has 3 rings (SSSR count). The molecule has 0 aromatic heterocycles. The van der Waals surface area contributed by atoms with Crippen molar-refractivity contribution in [3.05, 3.63) is 34.9 Å². The van der Waals surface area contributed by atoms with Gasteiger partial charge in [0, 0.05) is 31.3 Å². The van der Waals surface area contributed by atoms with Gasteiger partial charge in [-0.1, -0.05) is 23.7 Å². The number of ether oxygens (including phenoxy) is 2. The summed E-state index contributed by atoms with van der Waals surface area (Å²) in [4.78, 5) is 14.6. The number of nitrogens with zero attached hydrogens (tertiary/aromatic N) is 1. The second kappa shape index (κ2) is 8.11. The topological polar surface area (TPSA) is 50.8 Å². The number of nitrogens with one attached hydrogen (secondary N) is 1. The second-order valence-electron chi connectivity index (χ2n) is 5.96. The van der Waals surface area contributed by atoms with Crippen LogP contribution in [0.4, 0.5) is 0 Å². The van der Waals surface area contributed by atoms with E-state index in [0.29, 0.717) is 13.2 Å². The average molecular weight is 339 g/mol. The van der Waals surface area contributed by atoms with Gasteiger partial charge < -0.3 is 14.8 Å². The van der Waals surface area contributed by atoms with Gasteiger partial charge in [-0.05, 0) is 30.5 Å². The minimum absolute atomic E-state index is 0.00489. The van der Waals surface area contributed by atoms with Crippen molar-refractivity contribution in [3.8, 4) is 0 Å². The molecule has 0 radical (unpaired) electrons. The van der Waals surface area contributed by atoms with Crippen LogP contribution in [0, 0.1) is 0 Å².